The van der Waals surface area contributed by atoms with Crippen LogP contribution in [0, 0.1) is 0 Å². The smallest absolute Gasteiger partial charge is 0.278 e. The van der Waals surface area contributed by atoms with Gasteiger partial charge in [-0.15, -0.1) is 0 Å². The Labute approximate surface area is 186 Å². The van der Waals surface area contributed by atoms with E-state index in [1.807, 2.05) is 71.8 Å². The number of aromatic amines is 2. The van der Waals surface area contributed by atoms with Gasteiger partial charge in [0.1, 0.15) is 0 Å². The maximum atomic E-state index is 13.0. The molecule has 0 saturated carbocycles. The summed E-state index contributed by atoms with van der Waals surface area (Å²) >= 11 is 0. The van der Waals surface area contributed by atoms with E-state index < -0.39 is 0 Å². The summed E-state index contributed by atoms with van der Waals surface area (Å²) in [5.41, 5.74) is 3.93. The lowest BCUT2D eigenvalue weighted by molar-refractivity contribution is 0.0712. The molecule has 5 rings (SSSR count). The van der Waals surface area contributed by atoms with Gasteiger partial charge in [-0.2, -0.15) is 5.10 Å². The van der Waals surface area contributed by atoms with Gasteiger partial charge in [0.15, 0.2) is 5.69 Å². The average Bonchev–Trinajstić information content (AvgIpc) is 3.53. The van der Waals surface area contributed by atoms with E-state index in [0.717, 1.165) is 35.1 Å². The molecule has 7 nitrogen and oxygen atoms in total. The Bertz CT molecular complexity index is 1250. The molecular weight excluding hydrogens is 402 g/mol. The third-order valence-electron chi connectivity index (χ3n) is 6.29. The number of para-hydroxylation sites is 1. The van der Waals surface area contributed by atoms with Crippen LogP contribution in [0.4, 0.5) is 5.69 Å². The van der Waals surface area contributed by atoms with Crippen LogP contribution in [0.15, 0.2) is 66.9 Å². The quantitative estimate of drug-likeness (QED) is 0.512. The number of anilines is 1. The third-order valence-corrected chi connectivity index (χ3v) is 6.29. The number of amides is 2. The highest BCUT2D eigenvalue weighted by molar-refractivity contribution is 6.04. The molecule has 0 bridgehead atoms. The van der Waals surface area contributed by atoms with Crippen molar-refractivity contribution in [3.05, 3.63) is 83.8 Å². The normalized spacial score (nSPS) is 14.6. The summed E-state index contributed by atoms with van der Waals surface area (Å²) in [5.74, 6) is 0.172. The Kier molecular flexibility index (Phi) is 5.23. The van der Waals surface area contributed by atoms with Crippen LogP contribution in [0.5, 0.6) is 0 Å². The minimum Gasteiger partial charge on any atom is -0.361 e. The molecule has 4 aromatic rings. The molecular formula is C25H25N5O2. The Morgan fingerprint density at radius 2 is 1.81 bits per heavy atom. The fourth-order valence-electron chi connectivity index (χ4n) is 4.36. The molecule has 7 heteroatoms. The van der Waals surface area contributed by atoms with Gasteiger partial charge in [-0.25, -0.2) is 0 Å². The third kappa shape index (κ3) is 3.77. The van der Waals surface area contributed by atoms with Gasteiger partial charge in [0, 0.05) is 60.1 Å². The van der Waals surface area contributed by atoms with Crippen molar-refractivity contribution in [3.8, 4) is 0 Å². The van der Waals surface area contributed by atoms with Gasteiger partial charge in [-0.05, 0) is 55.3 Å². The monoisotopic (exact) mass is 427 g/mol. The molecule has 162 valence electrons. The molecule has 1 saturated heterocycles. The number of piperidine rings is 1. The number of hydrogen-bond donors (Lipinski definition) is 2. The van der Waals surface area contributed by atoms with Gasteiger partial charge >= 0.3 is 0 Å². The topological polar surface area (TPSA) is 85.1 Å². The Hall–Kier alpha value is -3.87. The van der Waals surface area contributed by atoms with Crippen LogP contribution in [-0.2, 0) is 0 Å². The highest BCUT2D eigenvalue weighted by atomic mass is 16.2. The zero-order valence-electron chi connectivity index (χ0n) is 17.9. The lowest BCUT2D eigenvalue weighted by Crippen LogP contribution is -2.38. The van der Waals surface area contributed by atoms with E-state index in [0.29, 0.717) is 24.3 Å². The molecule has 1 fully saturated rings. The summed E-state index contributed by atoms with van der Waals surface area (Å²) in [7, 11) is 1.75. The minimum absolute atomic E-state index is 0.0662. The van der Waals surface area contributed by atoms with E-state index >= 15 is 0 Å². The Balaban J connectivity index is 1.22. The van der Waals surface area contributed by atoms with Crippen LogP contribution in [0.3, 0.4) is 0 Å². The van der Waals surface area contributed by atoms with Crippen molar-refractivity contribution >= 4 is 28.4 Å². The molecule has 0 atom stereocenters. The Morgan fingerprint density at radius 1 is 1.03 bits per heavy atom. The molecule has 0 aliphatic carbocycles. The first-order valence-corrected chi connectivity index (χ1v) is 10.8. The molecule has 3 heterocycles. The maximum Gasteiger partial charge on any atom is 0.278 e. The zero-order chi connectivity index (χ0) is 22.1. The number of nitrogens with zero attached hydrogens (tertiary/aromatic N) is 3. The largest absolute Gasteiger partial charge is 0.361 e. The molecule has 0 unspecified atom stereocenters. The van der Waals surface area contributed by atoms with Crippen molar-refractivity contribution in [2.45, 2.75) is 18.8 Å². The van der Waals surface area contributed by atoms with Crippen LogP contribution >= 0.6 is 0 Å². The molecule has 2 amide bonds. The number of carbonyl (C=O) groups is 2. The highest BCUT2D eigenvalue weighted by Gasteiger charge is 2.27. The van der Waals surface area contributed by atoms with E-state index in [4.69, 9.17) is 0 Å². The van der Waals surface area contributed by atoms with Crippen molar-refractivity contribution in [2.24, 2.45) is 0 Å². The number of carbonyl (C=O) groups excluding carboxylic acids is 2. The number of nitrogens with one attached hydrogen (secondary N) is 2. The lowest BCUT2D eigenvalue weighted by Gasteiger charge is -2.31. The van der Waals surface area contributed by atoms with Gasteiger partial charge in [0.25, 0.3) is 11.8 Å². The van der Waals surface area contributed by atoms with Crippen molar-refractivity contribution in [1.82, 2.24) is 20.1 Å². The van der Waals surface area contributed by atoms with E-state index in [1.54, 1.807) is 11.9 Å². The van der Waals surface area contributed by atoms with Crippen LogP contribution < -0.4 is 4.90 Å². The number of rotatable bonds is 4. The highest BCUT2D eigenvalue weighted by Crippen LogP contribution is 2.28. The van der Waals surface area contributed by atoms with E-state index in [9.17, 15) is 9.59 Å². The van der Waals surface area contributed by atoms with Gasteiger partial charge < -0.3 is 14.8 Å². The molecule has 2 aromatic carbocycles. The fraction of sp³-hybridized carbons (Fsp3) is 0.240. The second-order valence-corrected chi connectivity index (χ2v) is 8.25. The second kappa shape index (κ2) is 8.34. The summed E-state index contributed by atoms with van der Waals surface area (Å²) in [5, 5.41) is 8.36. The van der Waals surface area contributed by atoms with Gasteiger partial charge in [0.05, 0.1) is 0 Å². The SMILES string of the molecule is CN(C(=O)c1cc(C2CCN(C(=O)c3ccc4[nH]ccc4c3)CC2)[nH]n1)c1ccccc1. The van der Waals surface area contributed by atoms with Crippen molar-refractivity contribution in [1.29, 1.82) is 0 Å². The molecule has 2 aromatic heterocycles. The summed E-state index contributed by atoms with van der Waals surface area (Å²) in [4.78, 5) is 32.4. The van der Waals surface area contributed by atoms with E-state index in [-0.39, 0.29) is 17.7 Å². The lowest BCUT2D eigenvalue weighted by atomic mass is 9.93. The molecule has 0 radical (unpaired) electrons. The van der Waals surface area contributed by atoms with Crippen LogP contribution in [0.2, 0.25) is 0 Å². The Morgan fingerprint density at radius 3 is 2.59 bits per heavy atom. The number of hydrogen-bond acceptors (Lipinski definition) is 3. The molecule has 1 aliphatic heterocycles. The summed E-state index contributed by atoms with van der Waals surface area (Å²) in [6, 6.07) is 19.1. The van der Waals surface area contributed by atoms with Crippen molar-refractivity contribution < 1.29 is 9.59 Å². The number of H-pyrrole nitrogens is 2. The zero-order valence-corrected chi connectivity index (χ0v) is 17.9. The molecule has 0 spiro atoms. The summed E-state index contributed by atoms with van der Waals surface area (Å²) < 4.78 is 0. The second-order valence-electron chi connectivity index (χ2n) is 8.25. The number of likely N-dealkylation sites (tertiary alicyclic amines) is 1. The molecule has 2 N–H and O–H groups in total. The standard InChI is InChI=1S/C25H25N5O2/c1-29(20-5-3-2-4-6-20)25(32)23-16-22(27-28-23)17-10-13-30(14-11-17)24(31)19-7-8-21-18(15-19)9-12-26-21/h2-9,12,15-17,26H,10-11,13-14H2,1H3,(H,27,28). The van der Waals surface area contributed by atoms with E-state index in [1.165, 1.54) is 0 Å². The van der Waals surface area contributed by atoms with Crippen LogP contribution in [0.1, 0.15) is 45.3 Å². The first-order valence-electron chi connectivity index (χ1n) is 10.8. The van der Waals surface area contributed by atoms with Crippen LogP contribution in [0.25, 0.3) is 10.9 Å². The fourth-order valence-corrected chi connectivity index (χ4v) is 4.36. The predicted octanol–water partition coefficient (Wildman–Crippen LogP) is 4.19. The summed E-state index contributed by atoms with van der Waals surface area (Å²) in [6.07, 6.45) is 3.55. The van der Waals surface area contributed by atoms with Crippen molar-refractivity contribution in [2.75, 3.05) is 25.0 Å². The summed E-state index contributed by atoms with van der Waals surface area (Å²) in [6.45, 7) is 1.36. The maximum absolute atomic E-state index is 13.0. The predicted molar refractivity (Wildman–Crippen MR) is 124 cm³/mol. The average molecular weight is 428 g/mol. The number of fused-ring (bicyclic) bond motifs is 1. The first-order chi connectivity index (χ1) is 15.6. The minimum atomic E-state index is -0.147. The van der Waals surface area contributed by atoms with Gasteiger partial charge in [-0.3, -0.25) is 14.7 Å². The number of benzene rings is 2. The van der Waals surface area contributed by atoms with Gasteiger partial charge in [0.2, 0.25) is 0 Å². The first kappa shape index (κ1) is 20.1. The van der Waals surface area contributed by atoms with Crippen LogP contribution in [-0.4, -0.2) is 52.0 Å². The number of aromatic nitrogens is 3. The van der Waals surface area contributed by atoms with Gasteiger partial charge in [-0.1, -0.05) is 18.2 Å². The van der Waals surface area contributed by atoms with Crippen molar-refractivity contribution in [3.63, 3.8) is 0 Å². The molecule has 32 heavy (non-hydrogen) atoms. The molecule has 1 aliphatic rings. The van der Waals surface area contributed by atoms with E-state index in [2.05, 4.69) is 15.2 Å².